The second-order valence-electron chi connectivity index (χ2n) is 6.90. The summed E-state index contributed by atoms with van der Waals surface area (Å²) in [6, 6.07) is 29.6. The van der Waals surface area contributed by atoms with Gasteiger partial charge in [-0.1, -0.05) is 97.6 Å². The molecule has 0 heterocycles. The molecule has 0 bridgehead atoms. The molecule has 0 spiro atoms. The predicted molar refractivity (Wildman–Crippen MR) is 118 cm³/mol. The average molecular weight is 386 g/mol. The molecule has 0 aromatic heterocycles. The van der Waals surface area contributed by atoms with Gasteiger partial charge in [-0.05, 0) is 35.6 Å². The minimum absolute atomic E-state index is 0.129. The number of carbonyl (C=O) groups is 1. The molecule has 3 heteroatoms. The van der Waals surface area contributed by atoms with Crippen LogP contribution in [0.2, 0.25) is 0 Å². The summed E-state index contributed by atoms with van der Waals surface area (Å²) < 4.78 is 5.37. The van der Waals surface area contributed by atoms with Gasteiger partial charge in [-0.3, -0.25) is 10.1 Å². The smallest absolute Gasteiger partial charge is 0.323 e. The van der Waals surface area contributed by atoms with Crippen LogP contribution in [0.25, 0.3) is 5.57 Å². The topological polar surface area (TPSA) is 38.3 Å². The molecular formula is C26H27NO2. The Morgan fingerprint density at radius 2 is 1.34 bits per heavy atom. The fraction of sp³-hybridized carbons (Fsp3) is 0.192. The summed E-state index contributed by atoms with van der Waals surface area (Å²) in [6.45, 7) is 6.38. The summed E-state index contributed by atoms with van der Waals surface area (Å²) in [5, 5.41) is 3.54. The third kappa shape index (κ3) is 5.66. The molecule has 0 saturated heterocycles. The fourth-order valence-corrected chi connectivity index (χ4v) is 3.37. The van der Waals surface area contributed by atoms with Gasteiger partial charge >= 0.3 is 5.97 Å². The number of ether oxygens (including phenoxy) is 1. The van der Waals surface area contributed by atoms with Crippen LogP contribution in [0, 0.1) is 0 Å². The molecule has 1 atom stereocenters. The van der Waals surface area contributed by atoms with Gasteiger partial charge in [-0.25, -0.2) is 0 Å². The van der Waals surface area contributed by atoms with Gasteiger partial charge in [-0.2, -0.15) is 0 Å². The Kier molecular flexibility index (Phi) is 7.37. The number of carbonyl (C=O) groups excluding carboxylic acids is 1. The highest BCUT2D eigenvalue weighted by Crippen LogP contribution is 2.25. The van der Waals surface area contributed by atoms with E-state index in [0.717, 1.165) is 22.3 Å². The molecule has 1 N–H and O–H groups in total. The van der Waals surface area contributed by atoms with Gasteiger partial charge < -0.3 is 4.74 Å². The molecule has 3 rings (SSSR count). The molecule has 3 aromatic rings. The summed E-state index contributed by atoms with van der Waals surface area (Å²) in [5.74, 6) is -0.263. The summed E-state index contributed by atoms with van der Waals surface area (Å²) in [7, 11) is 0. The number of hydrogen-bond acceptors (Lipinski definition) is 3. The number of esters is 1. The normalized spacial score (nSPS) is 11.8. The first-order chi connectivity index (χ1) is 14.2. The lowest BCUT2D eigenvalue weighted by Crippen LogP contribution is -2.41. The van der Waals surface area contributed by atoms with Gasteiger partial charge in [0.05, 0.1) is 12.6 Å². The van der Waals surface area contributed by atoms with Crippen LogP contribution in [0.1, 0.15) is 36.1 Å². The van der Waals surface area contributed by atoms with Crippen molar-refractivity contribution in [2.45, 2.75) is 25.4 Å². The van der Waals surface area contributed by atoms with Crippen molar-refractivity contribution in [1.82, 2.24) is 5.32 Å². The highest BCUT2D eigenvalue weighted by Gasteiger charge is 2.26. The van der Waals surface area contributed by atoms with Crippen LogP contribution in [0.15, 0.2) is 97.6 Å². The maximum Gasteiger partial charge on any atom is 0.323 e. The second-order valence-corrected chi connectivity index (χ2v) is 6.90. The maximum atomic E-state index is 12.8. The van der Waals surface area contributed by atoms with Crippen molar-refractivity contribution in [2.75, 3.05) is 6.61 Å². The van der Waals surface area contributed by atoms with E-state index in [-0.39, 0.29) is 12.0 Å². The van der Waals surface area contributed by atoms with Crippen molar-refractivity contribution in [1.29, 1.82) is 0 Å². The largest absolute Gasteiger partial charge is 0.465 e. The lowest BCUT2D eigenvalue weighted by atomic mass is 9.95. The highest BCUT2D eigenvalue weighted by atomic mass is 16.5. The minimum Gasteiger partial charge on any atom is -0.465 e. The molecule has 3 nitrogen and oxygen atoms in total. The molecule has 29 heavy (non-hydrogen) atoms. The monoisotopic (exact) mass is 385 g/mol. The Labute approximate surface area is 173 Å². The lowest BCUT2D eigenvalue weighted by Gasteiger charge is -2.26. The van der Waals surface area contributed by atoms with Gasteiger partial charge in [0.25, 0.3) is 0 Å². The maximum absolute atomic E-state index is 12.8. The Balaban J connectivity index is 1.89. The van der Waals surface area contributed by atoms with Crippen molar-refractivity contribution < 1.29 is 9.53 Å². The summed E-state index contributed by atoms with van der Waals surface area (Å²) in [4.78, 5) is 12.8. The zero-order chi connectivity index (χ0) is 20.5. The Morgan fingerprint density at radius 3 is 1.83 bits per heavy atom. The first kappa shape index (κ1) is 20.6. The Hall–Kier alpha value is -3.17. The van der Waals surface area contributed by atoms with Crippen molar-refractivity contribution in [3.63, 3.8) is 0 Å². The minimum atomic E-state index is -0.506. The van der Waals surface area contributed by atoms with E-state index < -0.39 is 6.04 Å². The third-order valence-electron chi connectivity index (χ3n) is 4.84. The van der Waals surface area contributed by atoms with Gasteiger partial charge in [0.2, 0.25) is 0 Å². The fourth-order valence-electron chi connectivity index (χ4n) is 3.37. The van der Waals surface area contributed by atoms with E-state index in [0.29, 0.717) is 13.0 Å². The van der Waals surface area contributed by atoms with E-state index >= 15 is 0 Å². The molecule has 0 unspecified atom stereocenters. The first-order valence-electron chi connectivity index (χ1n) is 9.94. The van der Waals surface area contributed by atoms with Crippen LogP contribution in [0.4, 0.5) is 0 Å². The van der Waals surface area contributed by atoms with E-state index in [1.54, 1.807) is 0 Å². The molecule has 0 aliphatic heterocycles. The van der Waals surface area contributed by atoms with Gasteiger partial charge in [0.15, 0.2) is 0 Å². The molecule has 3 aromatic carbocycles. The molecular weight excluding hydrogens is 358 g/mol. The van der Waals surface area contributed by atoms with Crippen molar-refractivity contribution in [3.8, 4) is 0 Å². The van der Waals surface area contributed by atoms with Gasteiger partial charge in [0, 0.05) is 0 Å². The molecule has 0 aliphatic carbocycles. The van der Waals surface area contributed by atoms with Crippen LogP contribution in [0.3, 0.4) is 0 Å². The number of nitrogens with one attached hydrogen (secondary N) is 1. The van der Waals surface area contributed by atoms with Crippen molar-refractivity contribution in [2.24, 2.45) is 0 Å². The zero-order valence-electron chi connectivity index (χ0n) is 16.8. The first-order valence-corrected chi connectivity index (χ1v) is 9.94. The summed E-state index contributed by atoms with van der Waals surface area (Å²) >= 11 is 0. The second kappa shape index (κ2) is 10.4. The van der Waals surface area contributed by atoms with Gasteiger partial charge in [-0.15, -0.1) is 0 Å². The molecule has 148 valence electrons. The van der Waals surface area contributed by atoms with Crippen LogP contribution in [0.5, 0.6) is 0 Å². The number of benzene rings is 3. The number of rotatable bonds is 9. The SMILES string of the molecule is C=C(C[C@@H](NC(c1ccccc1)c1ccccc1)C(=O)OCC)c1ccccc1. The van der Waals surface area contributed by atoms with E-state index in [4.69, 9.17) is 4.74 Å². The van der Waals surface area contributed by atoms with Gasteiger partial charge in [0.1, 0.15) is 6.04 Å². The van der Waals surface area contributed by atoms with Crippen LogP contribution in [-0.4, -0.2) is 18.6 Å². The van der Waals surface area contributed by atoms with Crippen molar-refractivity contribution in [3.05, 3.63) is 114 Å². The van der Waals surface area contributed by atoms with E-state index in [2.05, 4.69) is 36.2 Å². The van der Waals surface area contributed by atoms with E-state index in [9.17, 15) is 4.79 Å². The van der Waals surface area contributed by atoms with E-state index in [1.165, 1.54) is 0 Å². The molecule has 0 radical (unpaired) electrons. The Morgan fingerprint density at radius 1 is 0.862 bits per heavy atom. The van der Waals surface area contributed by atoms with E-state index in [1.807, 2.05) is 73.7 Å². The Bertz CT molecular complexity index is 868. The third-order valence-corrected chi connectivity index (χ3v) is 4.84. The highest BCUT2D eigenvalue weighted by molar-refractivity contribution is 5.79. The molecule has 0 amide bonds. The van der Waals surface area contributed by atoms with Crippen molar-refractivity contribution >= 4 is 11.5 Å². The lowest BCUT2D eigenvalue weighted by molar-refractivity contribution is -0.145. The van der Waals surface area contributed by atoms with Crippen LogP contribution < -0.4 is 5.32 Å². The predicted octanol–water partition coefficient (Wildman–Crippen LogP) is 5.40. The number of hydrogen-bond donors (Lipinski definition) is 1. The molecule has 0 fully saturated rings. The van der Waals surface area contributed by atoms with Crippen LogP contribution >= 0.6 is 0 Å². The standard InChI is InChI=1S/C26H27NO2/c1-3-29-26(28)24(19-20(2)21-13-7-4-8-14-21)27-25(22-15-9-5-10-16-22)23-17-11-6-12-18-23/h4-18,24-25,27H,2-3,19H2,1H3/t24-/m1/s1. The molecule has 0 saturated carbocycles. The average Bonchev–Trinajstić information content (AvgIpc) is 2.78. The summed E-state index contributed by atoms with van der Waals surface area (Å²) in [5.41, 5.74) is 4.12. The zero-order valence-corrected chi connectivity index (χ0v) is 16.8. The molecule has 0 aliphatic rings. The summed E-state index contributed by atoms with van der Waals surface area (Å²) in [6.07, 6.45) is 0.471. The quantitative estimate of drug-likeness (QED) is 0.501. The van der Waals surface area contributed by atoms with Crippen LogP contribution in [-0.2, 0) is 9.53 Å².